The Balaban J connectivity index is 1.24. The van der Waals surface area contributed by atoms with Gasteiger partial charge in [0.2, 0.25) is 5.95 Å². The van der Waals surface area contributed by atoms with Gasteiger partial charge in [0.05, 0.1) is 22.3 Å². The molecule has 2 saturated heterocycles. The first kappa shape index (κ1) is 19.2. The minimum absolute atomic E-state index is 0.0546. The zero-order valence-corrected chi connectivity index (χ0v) is 17.4. The fourth-order valence-electron chi connectivity index (χ4n) is 4.12. The predicted octanol–water partition coefficient (Wildman–Crippen LogP) is 2.83. The molecular weight excluding hydrogens is 400 g/mol. The SMILES string of the molecule is O=C(NC1CCN(c2nccc(C3CCOCC3)n2)C1)c1cn[nH]c1-c1cccs1. The second kappa shape index (κ2) is 8.53. The summed E-state index contributed by atoms with van der Waals surface area (Å²) in [6.07, 6.45) is 6.32. The number of nitrogens with one attached hydrogen (secondary N) is 2. The van der Waals surface area contributed by atoms with Crippen LogP contribution in [0.25, 0.3) is 10.6 Å². The number of nitrogens with zero attached hydrogens (tertiary/aromatic N) is 4. The maximum Gasteiger partial charge on any atom is 0.255 e. The van der Waals surface area contributed by atoms with E-state index in [1.54, 1.807) is 17.5 Å². The van der Waals surface area contributed by atoms with Crippen molar-refractivity contribution in [3.05, 3.63) is 47.2 Å². The number of aromatic nitrogens is 4. The number of ether oxygens (including phenoxy) is 1. The Bertz CT molecular complexity index is 999. The van der Waals surface area contributed by atoms with Crippen LogP contribution in [-0.4, -0.2) is 58.4 Å². The molecule has 8 nitrogen and oxygen atoms in total. The number of anilines is 1. The molecule has 5 heterocycles. The first-order chi connectivity index (χ1) is 14.8. The van der Waals surface area contributed by atoms with E-state index in [4.69, 9.17) is 9.72 Å². The summed E-state index contributed by atoms with van der Waals surface area (Å²) in [7, 11) is 0. The van der Waals surface area contributed by atoms with Crippen molar-refractivity contribution in [2.45, 2.75) is 31.2 Å². The molecule has 2 fully saturated rings. The highest BCUT2D eigenvalue weighted by atomic mass is 32.1. The summed E-state index contributed by atoms with van der Waals surface area (Å²) in [6.45, 7) is 3.12. The summed E-state index contributed by atoms with van der Waals surface area (Å²) in [5, 5.41) is 12.2. The molecule has 0 saturated carbocycles. The quantitative estimate of drug-likeness (QED) is 0.654. The molecule has 2 aliphatic heterocycles. The van der Waals surface area contributed by atoms with Crippen LogP contribution < -0.4 is 10.2 Å². The lowest BCUT2D eigenvalue weighted by Crippen LogP contribution is -2.37. The van der Waals surface area contributed by atoms with Crippen LogP contribution in [0.15, 0.2) is 36.0 Å². The molecule has 9 heteroatoms. The van der Waals surface area contributed by atoms with Crippen molar-refractivity contribution < 1.29 is 9.53 Å². The van der Waals surface area contributed by atoms with E-state index in [0.717, 1.165) is 61.2 Å². The van der Waals surface area contributed by atoms with Gasteiger partial charge in [-0.05, 0) is 36.8 Å². The topological polar surface area (TPSA) is 96.0 Å². The van der Waals surface area contributed by atoms with Gasteiger partial charge in [0.15, 0.2) is 0 Å². The minimum atomic E-state index is -0.101. The van der Waals surface area contributed by atoms with Gasteiger partial charge >= 0.3 is 0 Å². The van der Waals surface area contributed by atoms with E-state index in [2.05, 4.69) is 25.4 Å². The Morgan fingerprint density at radius 2 is 2.17 bits per heavy atom. The zero-order valence-electron chi connectivity index (χ0n) is 16.6. The van der Waals surface area contributed by atoms with Crippen LogP contribution in [-0.2, 0) is 4.74 Å². The number of hydrogen-bond donors (Lipinski definition) is 2. The fraction of sp³-hybridized carbons (Fsp3) is 0.429. The summed E-state index contributed by atoms with van der Waals surface area (Å²) < 4.78 is 5.46. The lowest BCUT2D eigenvalue weighted by Gasteiger charge is -2.23. The molecule has 1 atom stereocenters. The lowest BCUT2D eigenvalue weighted by atomic mass is 9.96. The highest BCUT2D eigenvalue weighted by Crippen LogP contribution is 2.28. The average Bonchev–Trinajstić information content (AvgIpc) is 3.55. The van der Waals surface area contributed by atoms with E-state index >= 15 is 0 Å². The molecule has 0 spiro atoms. The molecule has 30 heavy (non-hydrogen) atoms. The molecule has 1 amide bonds. The number of H-pyrrole nitrogens is 1. The number of hydrogen-bond acceptors (Lipinski definition) is 7. The van der Waals surface area contributed by atoms with Gasteiger partial charge in [-0.3, -0.25) is 9.89 Å². The summed E-state index contributed by atoms with van der Waals surface area (Å²) in [4.78, 5) is 25.3. The van der Waals surface area contributed by atoms with Crippen LogP contribution in [0.4, 0.5) is 5.95 Å². The van der Waals surface area contributed by atoms with Crippen molar-refractivity contribution >= 4 is 23.2 Å². The van der Waals surface area contributed by atoms with Crippen molar-refractivity contribution in [3.63, 3.8) is 0 Å². The summed E-state index contributed by atoms with van der Waals surface area (Å²) in [5.74, 6) is 1.09. The molecule has 5 rings (SSSR count). The number of carbonyl (C=O) groups excluding carboxylic acids is 1. The highest BCUT2D eigenvalue weighted by Gasteiger charge is 2.28. The van der Waals surface area contributed by atoms with Gasteiger partial charge in [0.1, 0.15) is 0 Å². The van der Waals surface area contributed by atoms with Gasteiger partial charge in [-0.25, -0.2) is 9.97 Å². The minimum Gasteiger partial charge on any atom is -0.381 e. The first-order valence-electron chi connectivity index (χ1n) is 10.3. The van der Waals surface area contributed by atoms with E-state index in [9.17, 15) is 4.79 Å². The van der Waals surface area contributed by atoms with Crippen molar-refractivity contribution in [1.82, 2.24) is 25.5 Å². The average molecular weight is 425 g/mol. The maximum atomic E-state index is 12.9. The third-order valence-electron chi connectivity index (χ3n) is 5.76. The van der Waals surface area contributed by atoms with E-state index in [1.807, 2.05) is 29.8 Å². The van der Waals surface area contributed by atoms with Crippen LogP contribution in [0.2, 0.25) is 0 Å². The highest BCUT2D eigenvalue weighted by molar-refractivity contribution is 7.13. The standard InChI is InChI=1S/C21H24N6O2S/c28-20(16-12-23-26-19(16)18-2-1-11-30-18)24-15-4-8-27(13-15)21-22-7-3-17(25-21)14-5-9-29-10-6-14/h1-3,7,11-12,14-15H,4-6,8-10,13H2,(H,23,26)(H,24,28). The van der Waals surface area contributed by atoms with E-state index in [-0.39, 0.29) is 11.9 Å². The van der Waals surface area contributed by atoms with E-state index < -0.39 is 0 Å². The van der Waals surface area contributed by atoms with Gasteiger partial charge in [-0.15, -0.1) is 11.3 Å². The van der Waals surface area contributed by atoms with Gasteiger partial charge in [-0.1, -0.05) is 6.07 Å². The second-order valence-corrected chi connectivity index (χ2v) is 8.66. The second-order valence-electron chi connectivity index (χ2n) is 7.71. The van der Waals surface area contributed by atoms with Crippen LogP contribution in [0.3, 0.4) is 0 Å². The summed E-state index contributed by atoms with van der Waals surface area (Å²) >= 11 is 1.58. The van der Waals surface area contributed by atoms with Gasteiger partial charge in [0.25, 0.3) is 5.91 Å². The molecule has 0 radical (unpaired) electrons. The van der Waals surface area contributed by atoms with Crippen LogP contribution in [0.1, 0.15) is 41.2 Å². The smallest absolute Gasteiger partial charge is 0.255 e. The molecule has 0 bridgehead atoms. The number of amides is 1. The Labute approximate surface area is 178 Å². The molecular formula is C21H24N6O2S. The molecule has 156 valence electrons. The van der Waals surface area contributed by atoms with Crippen molar-refractivity contribution in [2.24, 2.45) is 0 Å². The van der Waals surface area contributed by atoms with E-state index in [1.165, 1.54) is 0 Å². The Hall–Kier alpha value is -2.78. The number of rotatable bonds is 5. The largest absolute Gasteiger partial charge is 0.381 e. The molecule has 3 aromatic rings. The molecule has 0 aliphatic carbocycles. The number of aromatic amines is 1. The molecule has 2 aliphatic rings. The number of thiophene rings is 1. The molecule has 0 aromatic carbocycles. The van der Waals surface area contributed by atoms with Crippen molar-refractivity contribution in [1.29, 1.82) is 0 Å². The predicted molar refractivity (Wildman–Crippen MR) is 115 cm³/mol. The van der Waals surface area contributed by atoms with Gasteiger partial charge < -0.3 is 15.0 Å². The monoisotopic (exact) mass is 424 g/mol. The zero-order chi connectivity index (χ0) is 20.3. The Morgan fingerprint density at radius 3 is 3.00 bits per heavy atom. The first-order valence-corrected chi connectivity index (χ1v) is 11.2. The third kappa shape index (κ3) is 3.95. The van der Waals surface area contributed by atoms with Gasteiger partial charge in [-0.2, -0.15) is 5.10 Å². The maximum absolute atomic E-state index is 12.9. The summed E-state index contributed by atoms with van der Waals surface area (Å²) in [5.41, 5.74) is 2.44. The normalized spacial score (nSPS) is 19.9. The molecule has 1 unspecified atom stereocenters. The van der Waals surface area contributed by atoms with Crippen LogP contribution >= 0.6 is 11.3 Å². The lowest BCUT2D eigenvalue weighted by molar-refractivity contribution is 0.0845. The molecule has 2 N–H and O–H groups in total. The van der Waals surface area contributed by atoms with Gasteiger partial charge in [0, 0.05) is 50.2 Å². The third-order valence-corrected chi connectivity index (χ3v) is 6.65. The van der Waals surface area contributed by atoms with Crippen molar-refractivity contribution in [3.8, 4) is 10.6 Å². The van der Waals surface area contributed by atoms with E-state index in [0.29, 0.717) is 18.0 Å². The van der Waals surface area contributed by atoms with Crippen LogP contribution in [0.5, 0.6) is 0 Å². The Morgan fingerprint density at radius 1 is 1.27 bits per heavy atom. The fourth-order valence-corrected chi connectivity index (χ4v) is 4.86. The number of carbonyl (C=O) groups is 1. The van der Waals surface area contributed by atoms with Crippen LogP contribution in [0, 0.1) is 0 Å². The Kier molecular flexibility index (Phi) is 5.46. The molecule has 3 aromatic heterocycles. The summed E-state index contributed by atoms with van der Waals surface area (Å²) in [6, 6.07) is 6.01. The van der Waals surface area contributed by atoms with Crippen molar-refractivity contribution in [2.75, 3.05) is 31.2 Å².